The molecule has 0 saturated carbocycles. The van der Waals surface area contributed by atoms with E-state index in [9.17, 15) is 9.50 Å². The van der Waals surface area contributed by atoms with Crippen molar-refractivity contribution < 1.29 is 9.50 Å². The molecule has 0 saturated heterocycles. The molecule has 0 radical (unpaired) electrons. The predicted octanol–water partition coefficient (Wildman–Crippen LogP) is 3.88. The number of aryl methyl sites for hydroxylation is 1. The van der Waals surface area contributed by atoms with Crippen molar-refractivity contribution in [1.29, 1.82) is 0 Å². The van der Waals surface area contributed by atoms with Crippen LogP contribution in [0.15, 0.2) is 29.6 Å². The first-order valence-electron chi connectivity index (χ1n) is 6.48. The fourth-order valence-electron chi connectivity index (χ4n) is 2.31. The van der Waals surface area contributed by atoms with Gasteiger partial charge >= 0.3 is 0 Å². The van der Waals surface area contributed by atoms with Gasteiger partial charge in [-0.25, -0.2) is 4.39 Å². The average Bonchev–Trinajstić information content (AvgIpc) is 2.92. The van der Waals surface area contributed by atoms with E-state index in [1.807, 2.05) is 18.4 Å². The monoisotopic (exact) mass is 313 g/mol. The summed E-state index contributed by atoms with van der Waals surface area (Å²) in [5.41, 5.74) is 7.19. The fraction of sp³-hybridized carbons (Fsp3) is 0.333. The minimum absolute atomic E-state index is 0.0510. The molecular formula is C15H17ClFNOS. The summed E-state index contributed by atoms with van der Waals surface area (Å²) in [6, 6.07) is 6.76. The molecule has 0 bridgehead atoms. The van der Waals surface area contributed by atoms with Crippen LogP contribution in [-0.2, 0) is 6.42 Å². The van der Waals surface area contributed by atoms with Gasteiger partial charge in [0.1, 0.15) is 5.82 Å². The standard InChI is InChI=1S/C15H17ClFNOS/c1-2-9-6-7-20-15(9)14(19)11(8-18)10-4-3-5-12(16)13(10)17/h3-7,11,14,19H,2,8,18H2,1H3. The third-order valence-corrected chi connectivity index (χ3v) is 4.77. The number of halogens is 2. The summed E-state index contributed by atoms with van der Waals surface area (Å²) in [6.45, 7) is 2.18. The van der Waals surface area contributed by atoms with Crippen LogP contribution >= 0.6 is 22.9 Å². The second-order valence-corrected chi connectivity index (χ2v) is 5.95. The Balaban J connectivity index is 2.39. The Bertz CT molecular complexity index is 587. The van der Waals surface area contributed by atoms with Crippen molar-refractivity contribution in [3.63, 3.8) is 0 Å². The quantitative estimate of drug-likeness (QED) is 0.880. The van der Waals surface area contributed by atoms with Crippen molar-refractivity contribution in [1.82, 2.24) is 0 Å². The maximum absolute atomic E-state index is 14.1. The Morgan fingerprint density at radius 2 is 2.15 bits per heavy atom. The van der Waals surface area contributed by atoms with Crippen molar-refractivity contribution in [3.8, 4) is 0 Å². The van der Waals surface area contributed by atoms with E-state index in [-0.39, 0.29) is 11.6 Å². The molecule has 5 heteroatoms. The molecule has 0 aliphatic heterocycles. The zero-order chi connectivity index (χ0) is 14.7. The van der Waals surface area contributed by atoms with Crippen LogP contribution in [0, 0.1) is 5.82 Å². The Morgan fingerprint density at radius 1 is 1.40 bits per heavy atom. The normalized spacial score (nSPS) is 14.2. The maximum Gasteiger partial charge on any atom is 0.145 e. The molecule has 1 heterocycles. The number of hydrogen-bond acceptors (Lipinski definition) is 3. The first kappa shape index (κ1) is 15.4. The molecule has 2 atom stereocenters. The van der Waals surface area contributed by atoms with E-state index in [1.165, 1.54) is 17.4 Å². The zero-order valence-electron chi connectivity index (χ0n) is 11.1. The topological polar surface area (TPSA) is 46.2 Å². The van der Waals surface area contributed by atoms with Gasteiger partial charge in [-0.3, -0.25) is 0 Å². The van der Waals surface area contributed by atoms with Crippen LogP contribution < -0.4 is 5.73 Å². The summed E-state index contributed by atoms with van der Waals surface area (Å²) in [5.74, 6) is -1.00. The van der Waals surface area contributed by atoms with Gasteiger partial charge in [0.25, 0.3) is 0 Å². The van der Waals surface area contributed by atoms with Crippen LogP contribution in [0.2, 0.25) is 5.02 Å². The van der Waals surface area contributed by atoms with Crippen LogP contribution in [-0.4, -0.2) is 11.7 Å². The molecular weight excluding hydrogens is 297 g/mol. The van der Waals surface area contributed by atoms with Gasteiger partial charge < -0.3 is 10.8 Å². The number of thiophene rings is 1. The minimum atomic E-state index is -0.817. The fourth-order valence-corrected chi connectivity index (χ4v) is 3.54. The number of aliphatic hydroxyl groups excluding tert-OH is 1. The molecule has 108 valence electrons. The molecule has 2 aromatic rings. The lowest BCUT2D eigenvalue weighted by atomic mass is 9.90. The van der Waals surface area contributed by atoms with Gasteiger partial charge in [0.05, 0.1) is 11.1 Å². The largest absolute Gasteiger partial charge is 0.387 e. The van der Waals surface area contributed by atoms with Crippen molar-refractivity contribution in [3.05, 3.63) is 56.5 Å². The van der Waals surface area contributed by atoms with Crippen molar-refractivity contribution in [2.45, 2.75) is 25.4 Å². The molecule has 2 unspecified atom stereocenters. The first-order chi connectivity index (χ1) is 9.60. The highest BCUT2D eigenvalue weighted by atomic mass is 35.5. The Labute approximate surface area is 127 Å². The van der Waals surface area contributed by atoms with Gasteiger partial charge in [0.2, 0.25) is 0 Å². The van der Waals surface area contributed by atoms with E-state index in [0.717, 1.165) is 16.9 Å². The van der Waals surface area contributed by atoms with Crippen molar-refractivity contribution >= 4 is 22.9 Å². The van der Waals surface area contributed by atoms with E-state index < -0.39 is 17.8 Å². The molecule has 0 amide bonds. The highest BCUT2D eigenvalue weighted by Crippen LogP contribution is 2.37. The lowest BCUT2D eigenvalue weighted by molar-refractivity contribution is 0.148. The highest BCUT2D eigenvalue weighted by Gasteiger charge is 2.27. The van der Waals surface area contributed by atoms with Crippen LogP contribution in [0.3, 0.4) is 0 Å². The average molecular weight is 314 g/mol. The lowest BCUT2D eigenvalue weighted by Gasteiger charge is -2.23. The number of benzene rings is 1. The molecule has 2 nitrogen and oxygen atoms in total. The number of rotatable bonds is 5. The Hall–Kier alpha value is -0.940. The van der Waals surface area contributed by atoms with Crippen LogP contribution in [0.25, 0.3) is 0 Å². The van der Waals surface area contributed by atoms with E-state index in [2.05, 4.69) is 0 Å². The molecule has 0 spiro atoms. The summed E-state index contributed by atoms with van der Waals surface area (Å²) >= 11 is 7.28. The summed E-state index contributed by atoms with van der Waals surface area (Å²) < 4.78 is 14.1. The molecule has 20 heavy (non-hydrogen) atoms. The highest BCUT2D eigenvalue weighted by molar-refractivity contribution is 7.10. The molecule has 0 aliphatic rings. The molecule has 3 N–H and O–H groups in total. The molecule has 1 aromatic heterocycles. The van der Waals surface area contributed by atoms with Gasteiger partial charge in [0, 0.05) is 17.3 Å². The van der Waals surface area contributed by atoms with E-state index in [0.29, 0.717) is 5.56 Å². The smallest absolute Gasteiger partial charge is 0.145 e. The van der Waals surface area contributed by atoms with Gasteiger partial charge in [-0.15, -0.1) is 11.3 Å². The van der Waals surface area contributed by atoms with Crippen LogP contribution in [0.1, 0.15) is 34.9 Å². The van der Waals surface area contributed by atoms with E-state index >= 15 is 0 Å². The third kappa shape index (κ3) is 2.88. The summed E-state index contributed by atoms with van der Waals surface area (Å²) in [4.78, 5) is 0.849. The number of hydrogen-bond donors (Lipinski definition) is 2. The summed E-state index contributed by atoms with van der Waals surface area (Å²) in [7, 11) is 0. The lowest BCUT2D eigenvalue weighted by Crippen LogP contribution is -2.21. The zero-order valence-corrected chi connectivity index (χ0v) is 12.7. The van der Waals surface area contributed by atoms with Crippen molar-refractivity contribution in [2.24, 2.45) is 5.73 Å². The van der Waals surface area contributed by atoms with Gasteiger partial charge in [0.15, 0.2) is 0 Å². The van der Waals surface area contributed by atoms with E-state index in [4.69, 9.17) is 17.3 Å². The number of nitrogens with two attached hydrogens (primary N) is 1. The Kier molecular flexibility index (Phi) is 5.16. The summed E-state index contributed by atoms with van der Waals surface area (Å²) in [5, 5.41) is 12.6. The van der Waals surface area contributed by atoms with Gasteiger partial charge in [-0.05, 0) is 35.1 Å². The molecule has 1 aromatic carbocycles. The number of aliphatic hydroxyl groups is 1. The van der Waals surface area contributed by atoms with Crippen LogP contribution in [0.4, 0.5) is 4.39 Å². The maximum atomic E-state index is 14.1. The predicted molar refractivity (Wildman–Crippen MR) is 81.9 cm³/mol. The van der Waals surface area contributed by atoms with E-state index in [1.54, 1.807) is 12.1 Å². The minimum Gasteiger partial charge on any atom is -0.387 e. The summed E-state index contributed by atoms with van der Waals surface area (Å²) in [6.07, 6.45) is 0.00787. The van der Waals surface area contributed by atoms with Crippen LogP contribution in [0.5, 0.6) is 0 Å². The molecule has 0 aliphatic carbocycles. The first-order valence-corrected chi connectivity index (χ1v) is 7.74. The molecule has 0 fully saturated rings. The van der Waals surface area contributed by atoms with Crippen molar-refractivity contribution in [2.75, 3.05) is 6.54 Å². The third-order valence-electron chi connectivity index (χ3n) is 3.45. The Morgan fingerprint density at radius 3 is 2.80 bits per heavy atom. The molecule has 2 rings (SSSR count). The second-order valence-electron chi connectivity index (χ2n) is 4.59. The second kappa shape index (κ2) is 6.68. The van der Waals surface area contributed by atoms with Gasteiger partial charge in [-0.1, -0.05) is 30.7 Å². The van der Waals surface area contributed by atoms with Gasteiger partial charge in [-0.2, -0.15) is 0 Å². The SMILES string of the molecule is CCc1ccsc1C(O)C(CN)c1cccc(Cl)c1F.